The number of aromatic nitrogens is 4. The van der Waals surface area contributed by atoms with Gasteiger partial charge < -0.3 is 8.98 Å². The minimum Gasteiger partial charge on any atom is -0.456 e. The molecule has 4 aromatic heterocycles. The van der Waals surface area contributed by atoms with Gasteiger partial charge in [0.05, 0.1) is 11.0 Å². The Labute approximate surface area is 330 Å². The first kappa shape index (κ1) is 31.9. The van der Waals surface area contributed by atoms with E-state index in [1.54, 1.807) is 11.3 Å². The van der Waals surface area contributed by atoms with Crippen molar-refractivity contribution in [2.45, 2.75) is 0 Å². The zero-order valence-corrected chi connectivity index (χ0v) is 31.2. The molecule has 0 radical (unpaired) electrons. The maximum atomic E-state index is 6.53. The summed E-state index contributed by atoms with van der Waals surface area (Å²) in [5.74, 6) is 1.96. The summed E-state index contributed by atoms with van der Waals surface area (Å²) >= 11 is 1.80. The van der Waals surface area contributed by atoms with Crippen LogP contribution in [0.1, 0.15) is 0 Å². The van der Waals surface area contributed by atoms with Gasteiger partial charge in [0.1, 0.15) is 11.2 Å². The van der Waals surface area contributed by atoms with Crippen LogP contribution in [0.3, 0.4) is 0 Å². The quantitative estimate of drug-likeness (QED) is 0.176. The van der Waals surface area contributed by atoms with Gasteiger partial charge in [0.25, 0.3) is 0 Å². The lowest BCUT2D eigenvalue weighted by Gasteiger charge is -2.08. The van der Waals surface area contributed by atoms with Crippen molar-refractivity contribution < 1.29 is 4.42 Å². The molecule has 12 rings (SSSR count). The van der Waals surface area contributed by atoms with Crippen LogP contribution in [0.2, 0.25) is 0 Å². The zero-order valence-electron chi connectivity index (χ0n) is 30.4. The molecule has 57 heavy (non-hydrogen) atoms. The molecule has 0 aliphatic heterocycles. The Morgan fingerprint density at radius 3 is 1.53 bits per heavy atom. The maximum absolute atomic E-state index is 6.53. The highest BCUT2D eigenvalue weighted by Gasteiger charge is 2.17. The van der Waals surface area contributed by atoms with E-state index in [0.29, 0.717) is 17.5 Å². The Morgan fingerprint density at radius 1 is 0.351 bits per heavy atom. The molecule has 0 aliphatic carbocycles. The van der Waals surface area contributed by atoms with Crippen LogP contribution < -0.4 is 0 Å². The average molecular weight is 747 g/mol. The first-order valence-corrected chi connectivity index (χ1v) is 19.8. The Balaban J connectivity index is 0.950. The van der Waals surface area contributed by atoms with Crippen molar-refractivity contribution in [3.63, 3.8) is 0 Å². The molecular formula is C51H30N4OS. The van der Waals surface area contributed by atoms with Gasteiger partial charge in [-0.3, -0.25) is 0 Å². The van der Waals surface area contributed by atoms with E-state index in [2.05, 4.69) is 126 Å². The Hall–Kier alpha value is -7.41. The molecule has 12 aromatic rings. The standard InChI is InChI=1S/C51H30N4OS/c1-3-11-31(12-4-1)49-52-50(32-13-5-2-6-14-32)54-51(53-49)35-21-26-48-42(28-35)41-27-33(20-25-47(41)57-48)34-19-23-39-40-30-36(22-24-45(40)56-46(39)29-34)55-43-17-9-7-15-37(43)38-16-8-10-18-44(38)55/h1-30H. The van der Waals surface area contributed by atoms with Crippen LogP contribution in [0.15, 0.2) is 186 Å². The number of para-hydroxylation sites is 2. The largest absolute Gasteiger partial charge is 0.456 e. The molecule has 0 fully saturated rings. The van der Waals surface area contributed by atoms with E-state index >= 15 is 0 Å². The second-order valence-electron chi connectivity index (χ2n) is 14.4. The summed E-state index contributed by atoms with van der Waals surface area (Å²) in [5, 5.41) is 7.09. The molecule has 0 saturated carbocycles. The van der Waals surface area contributed by atoms with E-state index < -0.39 is 0 Å². The van der Waals surface area contributed by atoms with Crippen molar-refractivity contribution in [1.29, 1.82) is 0 Å². The SMILES string of the molecule is c1ccc(-c2nc(-c3ccccc3)nc(-c3ccc4sc5ccc(-c6ccc7c(c6)oc6ccc(-n8c9ccccc9c9ccccc98)cc67)cc5c4c3)n2)cc1. The summed E-state index contributed by atoms with van der Waals surface area (Å²) < 4.78 is 11.3. The second kappa shape index (κ2) is 12.6. The highest BCUT2D eigenvalue weighted by molar-refractivity contribution is 7.25. The molecule has 0 unspecified atom stereocenters. The Morgan fingerprint density at radius 2 is 0.877 bits per heavy atom. The van der Waals surface area contributed by atoms with Crippen molar-refractivity contribution >= 4 is 75.3 Å². The minimum atomic E-state index is 0.650. The van der Waals surface area contributed by atoms with Crippen LogP contribution in [0.4, 0.5) is 0 Å². The molecule has 0 aliphatic rings. The summed E-state index contributed by atoms with van der Waals surface area (Å²) in [4.78, 5) is 14.9. The summed E-state index contributed by atoms with van der Waals surface area (Å²) in [6.07, 6.45) is 0. The number of rotatable bonds is 5. The van der Waals surface area contributed by atoms with E-state index in [1.807, 2.05) is 60.7 Å². The predicted octanol–water partition coefficient (Wildman–Crippen LogP) is 13.9. The van der Waals surface area contributed by atoms with Gasteiger partial charge >= 0.3 is 0 Å². The van der Waals surface area contributed by atoms with E-state index in [9.17, 15) is 0 Å². The summed E-state index contributed by atoms with van der Waals surface area (Å²) in [6.45, 7) is 0. The first-order chi connectivity index (χ1) is 28.2. The van der Waals surface area contributed by atoms with Crippen LogP contribution in [0, 0.1) is 0 Å². The van der Waals surface area contributed by atoms with Gasteiger partial charge in [-0.05, 0) is 83.9 Å². The molecular weight excluding hydrogens is 717 g/mol. The number of benzene rings is 8. The van der Waals surface area contributed by atoms with Gasteiger partial charge in [0.15, 0.2) is 17.5 Å². The minimum absolute atomic E-state index is 0.650. The number of thiophene rings is 1. The molecule has 6 heteroatoms. The Kier molecular flexibility index (Phi) is 7.03. The lowest BCUT2D eigenvalue weighted by Crippen LogP contribution is -2.00. The van der Waals surface area contributed by atoms with Gasteiger partial charge in [-0.2, -0.15) is 0 Å². The molecule has 8 aromatic carbocycles. The van der Waals surface area contributed by atoms with Gasteiger partial charge in [0.2, 0.25) is 0 Å². The van der Waals surface area contributed by atoms with E-state index in [1.165, 1.54) is 42.0 Å². The summed E-state index contributed by atoms with van der Waals surface area (Å²) in [6, 6.07) is 63.9. The molecule has 4 heterocycles. The Bertz CT molecular complexity index is 3420. The fourth-order valence-electron chi connectivity index (χ4n) is 8.32. The number of hydrogen-bond acceptors (Lipinski definition) is 5. The number of hydrogen-bond donors (Lipinski definition) is 0. The van der Waals surface area contributed by atoms with Crippen LogP contribution in [-0.2, 0) is 0 Å². The van der Waals surface area contributed by atoms with Crippen molar-refractivity contribution in [1.82, 2.24) is 19.5 Å². The normalized spacial score (nSPS) is 11.9. The van der Waals surface area contributed by atoms with E-state index in [0.717, 1.165) is 55.4 Å². The number of furan rings is 1. The van der Waals surface area contributed by atoms with Crippen molar-refractivity contribution in [2.24, 2.45) is 0 Å². The molecule has 0 N–H and O–H groups in total. The van der Waals surface area contributed by atoms with Crippen molar-refractivity contribution in [2.75, 3.05) is 0 Å². The molecule has 0 bridgehead atoms. The lowest BCUT2D eigenvalue weighted by molar-refractivity contribution is 0.669. The molecule has 5 nitrogen and oxygen atoms in total. The van der Waals surface area contributed by atoms with Crippen molar-refractivity contribution in [3.8, 4) is 51.0 Å². The highest BCUT2D eigenvalue weighted by atomic mass is 32.1. The first-order valence-electron chi connectivity index (χ1n) is 19.0. The lowest BCUT2D eigenvalue weighted by atomic mass is 10.0. The average Bonchev–Trinajstić information content (AvgIpc) is 3.95. The van der Waals surface area contributed by atoms with Gasteiger partial charge in [-0.15, -0.1) is 11.3 Å². The molecule has 0 amide bonds. The molecule has 0 spiro atoms. The fourth-order valence-corrected chi connectivity index (χ4v) is 9.39. The number of fused-ring (bicyclic) bond motifs is 9. The third-order valence-corrected chi connectivity index (χ3v) is 12.2. The predicted molar refractivity (Wildman–Crippen MR) is 236 cm³/mol. The van der Waals surface area contributed by atoms with Gasteiger partial charge in [-0.25, -0.2) is 15.0 Å². The monoisotopic (exact) mass is 746 g/mol. The third kappa shape index (κ3) is 5.19. The second-order valence-corrected chi connectivity index (χ2v) is 15.5. The van der Waals surface area contributed by atoms with Crippen LogP contribution in [-0.4, -0.2) is 19.5 Å². The van der Waals surface area contributed by atoms with E-state index in [-0.39, 0.29) is 0 Å². The molecule has 0 atom stereocenters. The van der Waals surface area contributed by atoms with Crippen molar-refractivity contribution in [3.05, 3.63) is 182 Å². The van der Waals surface area contributed by atoms with Crippen LogP contribution in [0.25, 0.3) is 115 Å². The van der Waals surface area contributed by atoms with Gasteiger partial charge in [0, 0.05) is 64.1 Å². The summed E-state index contributed by atoms with van der Waals surface area (Å²) in [5.41, 5.74) is 10.4. The topological polar surface area (TPSA) is 56.7 Å². The third-order valence-electron chi connectivity index (χ3n) is 11.1. The summed E-state index contributed by atoms with van der Waals surface area (Å²) in [7, 11) is 0. The molecule has 0 saturated heterocycles. The smallest absolute Gasteiger partial charge is 0.164 e. The fraction of sp³-hybridized carbons (Fsp3) is 0. The molecule has 266 valence electrons. The highest BCUT2D eigenvalue weighted by Crippen LogP contribution is 2.40. The van der Waals surface area contributed by atoms with Crippen LogP contribution in [0.5, 0.6) is 0 Å². The van der Waals surface area contributed by atoms with Crippen LogP contribution >= 0.6 is 11.3 Å². The number of nitrogens with zero attached hydrogens (tertiary/aromatic N) is 4. The van der Waals surface area contributed by atoms with E-state index in [4.69, 9.17) is 19.4 Å². The zero-order chi connectivity index (χ0) is 37.5. The van der Waals surface area contributed by atoms with Gasteiger partial charge in [-0.1, -0.05) is 109 Å². The maximum Gasteiger partial charge on any atom is 0.164 e.